The molecule has 126 valence electrons. The van der Waals surface area contributed by atoms with Gasteiger partial charge in [-0.3, -0.25) is 14.8 Å². The lowest BCUT2D eigenvalue weighted by Crippen LogP contribution is -2.24. The van der Waals surface area contributed by atoms with Gasteiger partial charge in [-0.15, -0.1) is 0 Å². The van der Waals surface area contributed by atoms with Crippen LogP contribution in [-0.4, -0.2) is 21.9 Å². The van der Waals surface area contributed by atoms with Crippen molar-refractivity contribution in [1.29, 1.82) is 0 Å². The summed E-state index contributed by atoms with van der Waals surface area (Å²) >= 11 is 0. The second-order valence-corrected chi connectivity index (χ2v) is 6.30. The van der Waals surface area contributed by atoms with Gasteiger partial charge in [0.15, 0.2) is 0 Å². The fraction of sp³-hybridized carbons (Fsp3) is 0.421. The van der Waals surface area contributed by atoms with E-state index in [1.165, 1.54) is 38.5 Å². The van der Waals surface area contributed by atoms with Crippen molar-refractivity contribution in [2.24, 2.45) is 0 Å². The Kier molecular flexibility index (Phi) is 5.77. The molecule has 1 amide bonds. The highest BCUT2D eigenvalue weighted by molar-refractivity contribution is 5.93. The minimum Gasteiger partial charge on any atom is -0.382 e. The first-order valence-corrected chi connectivity index (χ1v) is 8.71. The minimum atomic E-state index is -0.156. The van der Waals surface area contributed by atoms with Crippen LogP contribution in [-0.2, 0) is 6.54 Å². The number of amides is 1. The van der Waals surface area contributed by atoms with Crippen LogP contribution in [0.4, 0.5) is 5.69 Å². The van der Waals surface area contributed by atoms with Gasteiger partial charge >= 0.3 is 0 Å². The molecule has 0 saturated heterocycles. The Balaban J connectivity index is 1.58. The fourth-order valence-corrected chi connectivity index (χ4v) is 3.08. The molecule has 2 aromatic heterocycles. The Hall–Kier alpha value is -2.43. The number of aromatic nitrogens is 2. The van der Waals surface area contributed by atoms with Gasteiger partial charge in [-0.2, -0.15) is 0 Å². The first-order chi connectivity index (χ1) is 11.8. The highest BCUT2D eigenvalue weighted by Crippen LogP contribution is 2.21. The Morgan fingerprint density at radius 3 is 2.54 bits per heavy atom. The average Bonchev–Trinajstić information content (AvgIpc) is 2.89. The average molecular weight is 324 g/mol. The summed E-state index contributed by atoms with van der Waals surface area (Å²) in [5.74, 6) is -0.156. The standard InChI is InChI=1S/C19H24N4O/c24-19(22-14-15-7-10-20-11-8-15)18-13-17(9-12-21-18)23-16-5-3-1-2-4-6-16/h7-13,16H,1-6,14H2,(H,21,23)(H,22,24). The van der Waals surface area contributed by atoms with Crippen molar-refractivity contribution in [3.63, 3.8) is 0 Å². The van der Waals surface area contributed by atoms with Gasteiger partial charge in [0.05, 0.1) is 0 Å². The molecule has 0 radical (unpaired) electrons. The lowest BCUT2D eigenvalue weighted by atomic mass is 10.1. The molecule has 5 nitrogen and oxygen atoms in total. The van der Waals surface area contributed by atoms with Crippen LogP contribution >= 0.6 is 0 Å². The summed E-state index contributed by atoms with van der Waals surface area (Å²) in [5, 5.41) is 6.46. The predicted octanol–water partition coefficient (Wildman–Crippen LogP) is 3.54. The molecule has 0 atom stereocenters. The molecule has 0 unspecified atom stereocenters. The molecule has 0 aliphatic heterocycles. The summed E-state index contributed by atoms with van der Waals surface area (Å²) in [4.78, 5) is 20.5. The summed E-state index contributed by atoms with van der Waals surface area (Å²) in [6.07, 6.45) is 12.8. The van der Waals surface area contributed by atoms with Crippen LogP contribution in [0.2, 0.25) is 0 Å². The largest absolute Gasteiger partial charge is 0.382 e. The summed E-state index contributed by atoms with van der Waals surface area (Å²) in [7, 11) is 0. The van der Waals surface area contributed by atoms with Crippen LogP contribution in [0.15, 0.2) is 42.9 Å². The molecule has 2 heterocycles. The zero-order valence-corrected chi connectivity index (χ0v) is 13.9. The lowest BCUT2D eigenvalue weighted by molar-refractivity contribution is 0.0946. The maximum atomic E-state index is 12.3. The summed E-state index contributed by atoms with van der Waals surface area (Å²) in [6.45, 7) is 0.476. The zero-order valence-electron chi connectivity index (χ0n) is 13.9. The molecule has 1 saturated carbocycles. The molecule has 1 fully saturated rings. The number of carbonyl (C=O) groups is 1. The van der Waals surface area contributed by atoms with E-state index < -0.39 is 0 Å². The van der Waals surface area contributed by atoms with Gasteiger partial charge in [0.25, 0.3) is 5.91 Å². The van der Waals surface area contributed by atoms with Gasteiger partial charge in [-0.1, -0.05) is 25.7 Å². The van der Waals surface area contributed by atoms with Crippen molar-refractivity contribution in [2.45, 2.75) is 51.1 Å². The normalized spacial score (nSPS) is 15.5. The first kappa shape index (κ1) is 16.4. The molecule has 0 spiro atoms. The van der Waals surface area contributed by atoms with Crippen LogP contribution in [0.3, 0.4) is 0 Å². The third-order valence-electron chi connectivity index (χ3n) is 4.42. The molecule has 24 heavy (non-hydrogen) atoms. The quantitative estimate of drug-likeness (QED) is 0.826. The molecule has 2 N–H and O–H groups in total. The van der Waals surface area contributed by atoms with E-state index in [2.05, 4.69) is 20.6 Å². The van der Waals surface area contributed by atoms with E-state index in [1.807, 2.05) is 24.3 Å². The number of carbonyl (C=O) groups excluding carboxylic acids is 1. The van der Waals surface area contributed by atoms with Crippen LogP contribution in [0.5, 0.6) is 0 Å². The van der Waals surface area contributed by atoms with E-state index in [0.717, 1.165) is 11.3 Å². The topological polar surface area (TPSA) is 66.9 Å². The number of rotatable bonds is 5. The van der Waals surface area contributed by atoms with E-state index in [4.69, 9.17) is 0 Å². The Labute approximate surface area is 142 Å². The van der Waals surface area contributed by atoms with Gasteiger partial charge in [0.2, 0.25) is 0 Å². The summed E-state index contributed by atoms with van der Waals surface area (Å²) < 4.78 is 0. The van der Waals surface area contributed by atoms with Crippen molar-refractivity contribution >= 4 is 11.6 Å². The lowest BCUT2D eigenvalue weighted by Gasteiger charge is -2.17. The third kappa shape index (κ3) is 4.78. The number of pyridine rings is 2. The van der Waals surface area contributed by atoms with E-state index >= 15 is 0 Å². The van der Waals surface area contributed by atoms with Crippen molar-refractivity contribution in [2.75, 3.05) is 5.32 Å². The minimum absolute atomic E-state index is 0.156. The first-order valence-electron chi connectivity index (χ1n) is 8.71. The second kappa shape index (κ2) is 8.43. The molecular weight excluding hydrogens is 300 g/mol. The van der Waals surface area contributed by atoms with Gasteiger partial charge in [-0.05, 0) is 42.7 Å². The van der Waals surface area contributed by atoms with E-state index in [0.29, 0.717) is 18.3 Å². The molecule has 1 aliphatic carbocycles. The predicted molar refractivity (Wildman–Crippen MR) is 94.8 cm³/mol. The third-order valence-corrected chi connectivity index (χ3v) is 4.42. The summed E-state index contributed by atoms with van der Waals surface area (Å²) in [5.41, 5.74) is 2.44. The smallest absolute Gasteiger partial charge is 0.270 e. The maximum absolute atomic E-state index is 12.3. The number of anilines is 1. The highest BCUT2D eigenvalue weighted by Gasteiger charge is 2.13. The van der Waals surface area contributed by atoms with Crippen LogP contribution < -0.4 is 10.6 Å². The molecule has 0 aromatic carbocycles. The molecule has 3 rings (SSSR count). The van der Waals surface area contributed by atoms with Crippen LogP contribution in [0, 0.1) is 0 Å². The van der Waals surface area contributed by atoms with Crippen LogP contribution in [0.1, 0.15) is 54.6 Å². The molecule has 2 aromatic rings. The Bertz CT molecular complexity index is 651. The second-order valence-electron chi connectivity index (χ2n) is 6.30. The molecule has 1 aliphatic rings. The number of nitrogens with zero attached hydrogens (tertiary/aromatic N) is 2. The number of nitrogens with one attached hydrogen (secondary N) is 2. The van der Waals surface area contributed by atoms with Gasteiger partial charge in [0.1, 0.15) is 5.69 Å². The Morgan fingerprint density at radius 2 is 1.79 bits per heavy atom. The van der Waals surface area contributed by atoms with Gasteiger partial charge < -0.3 is 10.6 Å². The monoisotopic (exact) mass is 324 g/mol. The van der Waals surface area contributed by atoms with E-state index in [9.17, 15) is 4.79 Å². The SMILES string of the molecule is O=C(NCc1ccncc1)c1cc(NC2CCCCCC2)ccn1. The van der Waals surface area contributed by atoms with Crippen molar-refractivity contribution < 1.29 is 4.79 Å². The van der Waals surface area contributed by atoms with Gasteiger partial charge in [0, 0.05) is 36.9 Å². The molecular formula is C19H24N4O. The van der Waals surface area contributed by atoms with E-state index in [-0.39, 0.29) is 5.91 Å². The van der Waals surface area contributed by atoms with Crippen molar-refractivity contribution in [1.82, 2.24) is 15.3 Å². The van der Waals surface area contributed by atoms with E-state index in [1.54, 1.807) is 18.6 Å². The molecule has 5 heteroatoms. The summed E-state index contributed by atoms with van der Waals surface area (Å²) in [6, 6.07) is 8.05. The number of hydrogen-bond donors (Lipinski definition) is 2. The zero-order chi connectivity index (χ0) is 16.6. The van der Waals surface area contributed by atoms with Crippen molar-refractivity contribution in [3.05, 3.63) is 54.1 Å². The fourth-order valence-electron chi connectivity index (χ4n) is 3.08. The molecule has 0 bridgehead atoms. The van der Waals surface area contributed by atoms with Gasteiger partial charge in [-0.25, -0.2) is 0 Å². The van der Waals surface area contributed by atoms with Crippen LogP contribution in [0.25, 0.3) is 0 Å². The number of hydrogen-bond acceptors (Lipinski definition) is 4. The maximum Gasteiger partial charge on any atom is 0.270 e. The highest BCUT2D eigenvalue weighted by atomic mass is 16.1. The Morgan fingerprint density at radius 1 is 1.04 bits per heavy atom. The van der Waals surface area contributed by atoms with Crippen molar-refractivity contribution in [3.8, 4) is 0 Å².